The van der Waals surface area contributed by atoms with Crippen molar-refractivity contribution >= 4 is 23.2 Å². The summed E-state index contributed by atoms with van der Waals surface area (Å²) in [5.41, 5.74) is 4.23. The van der Waals surface area contributed by atoms with Crippen molar-refractivity contribution in [2.45, 2.75) is 96.8 Å². The molecule has 1 atom stereocenters. The first-order valence-electron chi connectivity index (χ1n) is 12.8. The third kappa shape index (κ3) is 6.23. The molecular formula is C28H39ClN2O3. The van der Waals surface area contributed by atoms with Crippen LogP contribution >= 0.6 is 11.6 Å². The third-order valence-electron chi connectivity index (χ3n) is 7.20. The summed E-state index contributed by atoms with van der Waals surface area (Å²) in [7, 11) is 0. The van der Waals surface area contributed by atoms with Gasteiger partial charge in [0.1, 0.15) is 5.76 Å². The van der Waals surface area contributed by atoms with Gasteiger partial charge in [-0.2, -0.15) is 0 Å². The minimum absolute atomic E-state index is 0.0741. The summed E-state index contributed by atoms with van der Waals surface area (Å²) in [6, 6.07) is 5.62. The Balaban J connectivity index is 1.49. The van der Waals surface area contributed by atoms with Crippen LogP contribution in [0.3, 0.4) is 0 Å². The van der Waals surface area contributed by atoms with Gasteiger partial charge in [-0.15, -0.1) is 0 Å². The molecule has 34 heavy (non-hydrogen) atoms. The molecule has 1 amide bonds. The third-order valence-corrected chi connectivity index (χ3v) is 7.52. The number of carbonyl (C=O) groups is 1. The Morgan fingerprint density at radius 2 is 2.00 bits per heavy atom. The van der Waals surface area contributed by atoms with Crippen molar-refractivity contribution in [1.29, 1.82) is 0 Å². The van der Waals surface area contributed by atoms with Crippen molar-refractivity contribution < 1.29 is 14.4 Å². The molecular weight excluding hydrogens is 448 g/mol. The van der Waals surface area contributed by atoms with Gasteiger partial charge in [0.2, 0.25) is 5.91 Å². The summed E-state index contributed by atoms with van der Waals surface area (Å²) >= 11 is 6.32. The van der Waals surface area contributed by atoms with Gasteiger partial charge in [-0.3, -0.25) is 4.79 Å². The zero-order valence-corrected chi connectivity index (χ0v) is 21.8. The SMILES string of the molecule is Cc1ccc(NC(=O)C[C@H](CCCO)c2noc([C@H]3C[C@@H](CC(C)(C)C)C3)c2C2CC2)c(Cl)c1. The number of aliphatic hydroxyl groups is 1. The van der Waals surface area contributed by atoms with E-state index in [1.54, 1.807) is 0 Å². The number of hydrogen-bond donors (Lipinski definition) is 2. The van der Waals surface area contributed by atoms with Gasteiger partial charge in [0.15, 0.2) is 0 Å². The quantitative estimate of drug-likeness (QED) is 0.368. The first-order chi connectivity index (χ1) is 16.1. The molecule has 2 aliphatic rings. The lowest BCUT2D eigenvalue weighted by molar-refractivity contribution is -0.116. The van der Waals surface area contributed by atoms with E-state index in [2.05, 4.69) is 31.2 Å². The van der Waals surface area contributed by atoms with Crippen LogP contribution in [0.2, 0.25) is 5.02 Å². The highest BCUT2D eigenvalue weighted by atomic mass is 35.5. The smallest absolute Gasteiger partial charge is 0.225 e. The minimum atomic E-state index is -0.0890. The lowest BCUT2D eigenvalue weighted by atomic mass is 9.66. The van der Waals surface area contributed by atoms with Crippen molar-refractivity contribution in [3.05, 3.63) is 45.8 Å². The van der Waals surface area contributed by atoms with Crippen LogP contribution in [-0.2, 0) is 4.79 Å². The van der Waals surface area contributed by atoms with E-state index in [0.717, 1.165) is 35.8 Å². The van der Waals surface area contributed by atoms with E-state index in [9.17, 15) is 9.90 Å². The number of halogens is 1. The summed E-state index contributed by atoms with van der Waals surface area (Å²) in [5.74, 6) is 2.61. The fourth-order valence-electron chi connectivity index (χ4n) is 5.50. The lowest BCUT2D eigenvalue weighted by Crippen LogP contribution is -2.26. The number of aliphatic hydroxyl groups excluding tert-OH is 1. The average molecular weight is 487 g/mol. The van der Waals surface area contributed by atoms with E-state index >= 15 is 0 Å². The van der Waals surface area contributed by atoms with Crippen molar-refractivity contribution in [3.8, 4) is 0 Å². The Morgan fingerprint density at radius 3 is 2.62 bits per heavy atom. The maximum atomic E-state index is 13.0. The van der Waals surface area contributed by atoms with Crippen molar-refractivity contribution in [2.75, 3.05) is 11.9 Å². The monoisotopic (exact) mass is 486 g/mol. The molecule has 1 aromatic heterocycles. The second-order valence-corrected chi connectivity index (χ2v) is 12.1. The van der Waals surface area contributed by atoms with E-state index in [-0.39, 0.29) is 18.4 Å². The molecule has 186 valence electrons. The maximum Gasteiger partial charge on any atom is 0.225 e. The molecule has 0 saturated heterocycles. The van der Waals surface area contributed by atoms with Gasteiger partial charge in [0.05, 0.1) is 16.4 Å². The molecule has 2 aliphatic carbocycles. The fraction of sp³-hybridized carbons (Fsp3) is 0.643. The predicted octanol–water partition coefficient (Wildman–Crippen LogP) is 7.33. The topological polar surface area (TPSA) is 75.4 Å². The molecule has 4 rings (SSSR count). The van der Waals surface area contributed by atoms with E-state index in [0.29, 0.717) is 47.2 Å². The standard InChI is InChI=1S/C28H39ClN2O3/c1-17-7-10-23(22(29)12-17)30-24(33)15-20(6-5-11-32)26-25(19-8-9-19)27(34-31-26)21-13-18(14-21)16-28(2,3)4/h7,10,12,18-21,32H,5-6,8-9,11,13-16H2,1-4H3,(H,30,33)/t18-,20-,21+/m0/s1. The number of aryl methyl sites for hydroxylation is 1. The van der Waals surface area contributed by atoms with Crippen LogP contribution in [0.4, 0.5) is 5.69 Å². The summed E-state index contributed by atoms with van der Waals surface area (Å²) in [4.78, 5) is 13.0. The first-order valence-corrected chi connectivity index (χ1v) is 13.2. The lowest BCUT2D eigenvalue weighted by Gasteiger charge is -2.38. The second kappa shape index (κ2) is 10.4. The normalized spacial score (nSPS) is 21.2. The number of hydrogen-bond acceptors (Lipinski definition) is 4. The number of anilines is 1. The van der Waals surface area contributed by atoms with Crippen LogP contribution in [0, 0.1) is 18.3 Å². The minimum Gasteiger partial charge on any atom is -0.396 e. The molecule has 2 saturated carbocycles. The zero-order chi connectivity index (χ0) is 24.5. The summed E-state index contributed by atoms with van der Waals surface area (Å²) in [5, 5.41) is 17.6. The molecule has 2 N–H and O–H groups in total. The largest absolute Gasteiger partial charge is 0.396 e. The summed E-state index contributed by atoms with van der Waals surface area (Å²) in [6.07, 6.45) is 7.53. The molecule has 0 unspecified atom stereocenters. The number of nitrogens with one attached hydrogen (secondary N) is 1. The average Bonchev–Trinajstić information content (AvgIpc) is 3.48. The number of benzene rings is 1. The van der Waals surface area contributed by atoms with Crippen molar-refractivity contribution in [2.24, 2.45) is 11.3 Å². The molecule has 0 spiro atoms. The fourth-order valence-corrected chi connectivity index (χ4v) is 5.78. The molecule has 6 heteroatoms. The molecule has 1 heterocycles. The van der Waals surface area contributed by atoms with Gasteiger partial charge in [-0.1, -0.05) is 43.6 Å². The molecule has 2 aromatic rings. The van der Waals surface area contributed by atoms with Gasteiger partial charge < -0.3 is 14.9 Å². The van der Waals surface area contributed by atoms with Gasteiger partial charge in [0, 0.05) is 30.4 Å². The molecule has 1 aromatic carbocycles. The van der Waals surface area contributed by atoms with Crippen LogP contribution < -0.4 is 5.32 Å². The highest BCUT2D eigenvalue weighted by molar-refractivity contribution is 6.33. The highest BCUT2D eigenvalue weighted by Crippen LogP contribution is 2.53. The first kappa shape index (κ1) is 25.2. The van der Waals surface area contributed by atoms with Crippen molar-refractivity contribution in [1.82, 2.24) is 5.16 Å². The van der Waals surface area contributed by atoms with E-state index in [1.807, 2.05) is 25.1 Å². The summed E-state index contributed by atoms with van der Waals surface area (Å²) < 4.78 is 6.01. The Kier molecular flexibility index (Phi) is 7.73. The predicted molar refractivity (Wildman–Crippen MR) is 137 cm³/mol. The number of amides is 1. The Morgan fingerprint density at radius 1 is 1.26 bits per heavy atom. The molecule has 5 nitrogen and oxygen atoms in total. The van der Waals surface area contributed by atoms with E-state index in [4.69, 9.17) is 16.1 Å². The summed E-state index contributed by atoms with van der Waals surface area (Å²) in [6.45, 7) is 9.00. The zero-order valence-electron chi connectivity index (χ0n) is 21.0. The molecule has 0 aliphatic heterocycles. The van der Waals surface area contributed by atoms with Crippen molar-refractivity contribution in [3.63, 3.8) is 0 Å². The number of carbonyl (C=O) groups excluding carboxylic acids is 1. The van der Waals surface area contributed by atoms with E-state index in [1.165, 1.54) is 24.8 Å². The van der Waals surface area contributed by atoms with E-state index < -0.39 is 0 Å². The van der Waals surface area contributed by atoms with Gasteiger partial charge in [-0.05, 0) is 86.8 Å². The Labute approximate surface area is 208 Å². The maximum absolute atomic E-state index is 13.0. The second-order valence-electron chi connectivity index (χ2n) is 11.7. The van der Waals surface area contributed by atoms with Crippen LogP contribution in [0.15, 0.2) is 22.7 Å². The van der Waals surface area contributed by atoms with Gasteiger partial charge in [0.25, 0.3) is 0 Å². The van der Waals surface area contributed by atoms with Crippen LogP contribution in [-0.4, -0.2) is 22.8 Å². The van der Waals surface area contributed by atoms with Gasteiger partial charge in [-0.25, -0.2) is 0 Å². The number of aromatic nitrogens is 1. The Hall–Kier alpha value is -1.85. The van der Waals surface area contributed by atoms with Crippen LogP contribution in [0.1, 0.15) is 112 Å². The Bertz CT molecular complexity index is 1000. The molecule has 2 fully saturated rings. The van der Waals surface area contributed by atoms with Crippen LogP contribution in [0.5, 0.6) is 0 Å². The molecule has 0 radical (unpaired) electrons. The number of nitrogens with zero attached hydrogens (tertiary/aromatic N) is 1. The van der Waals surface area contributed by atoms with Gasteiger partial charge >= 0.3 is 0 Å². The highest BCUT2D eigenvalue weighted by Gasteiger charge is 2.42. The van der Waals surface area contributed by atoms with Crippen LogP contribution in [0.25, 0.3) is 0 Å². The number of rotatable bonds is 10. The molecule has 0 bridgehead atoms.